The highest BCUT2D eigenvalue weighted by Gasteiger charge is 2.10. The molecule has 1 aromatic carbocycles. The number of hydrogen-bond donors (Lipinski definition) is 0. The Bertz CT molecular complexity index is 678. The molecule has 0 unspecified atom stereocenters. The Hall–Kier alpha value is -1.88. The minimum Gasteiger partial charge on any atom is -0.327 e. The van der Waals surface area contributed by atoms with Crippen molar-refractivity contribution in [2.24, 2.45) is 0 Å². The van der Waals surface area contributed by atoms with E-state index in [1.54, 1.807) is 18.1 Å². The highest BCUT2D eigenvalue weighted by molar-refractivity contribution is 7.98. The molecule has 0 N–H and O–H groups in total. The van der Waals surface area contributed by atoms with Crippen LogP contribution in [0.4, 0.5) is 0 Å². The zero-order valence-electron chi connectivity index (χ0n) is 10.7. The zero-order valence-corrected chi connectivity index (χ0v) is 11.5. The monoisotopic (exact) mass is 270 g/mol. The number of rotatable bonds is 4. The summed E-state index contributed by atoms with van der Waals surface area (Å²) in [5.74, 6) is 0.905. The van der Waals surface area contributed by atoms with Crippen molar-refractivity contribution in [2.75, 3.05) is 0 Å². The number of fused-ring (bicyclic) bond motifs is 1. The molecule has 0 amide bonds. The Morgan fingerprint density at radius 1 is 1.11 bits per heavy atom. The number of imidazole rings is 1. The summed E-state index contributed by atoms with van der Waals surface area (Å²) in [6.45, 7) is 2.97. The topological polar surface area (TPSA) is 43.6 Å². The fourth-order valence-electron chi connectivity index (χ4n) is 1.95. The van der Waals surface area contributed by atoms with Crippen LogP contribution in [0.3, 0.4) is 0 Å². The molecule has 4 nitrogen and oxygen atoms in total. The Morgan fingerprint density at radius 2 is 1.95 bits per heavy atom. The molecule has 0 aliphatic heterocycles. The van der Waals surface area contributed by atoms with E-state index in [1.807, 2.05) is 12.4 Å². The van der Waals surface area contributed by atoms with Gasteiger partial charge in [-0.3, -0.25) is 0 Å². The van der Waals surface area contributed by atoms with Crippen LogP contribution in [0.2, 0.25) is 0 Å². The van der Waals surface area contributed by atoms with Crippen LogP contribution in [0.15, 0.2) is 48.0 Å². The van der Waals surface area contributed by atoms with Crippen LogP contribution in [0.1, 0.15) is 12.5 Å². The van der Waals surface area contributed by atoms with Crippen molar-refractivity contribution in [3.8, 4) is 0 Å². The summed E-state index contributed by atoms with van der Waals surface area (Å²) < 4.78 is 2.09. The van der Waals surface area contributed by atoms with E-state index < -0.39 is 0 Å². The smallest absolute Gasteiger partial charge is 0.181 e. The lowest BCUT2D eigenvalue weighted by Crippen LogP contribution is -1.95. The van der Waals surface area contributed by atoms with E-state index >= 15 is 0 Å². The van der Waals surface area contributed by atoms with Gasteiger partial charge in [-0.1, -0.05) is 42.1 Å². The van der Waals surface area contributed by atoms with Gasteiger partial charge >= 0.3 is 0 Å². The second kappa shape index (κ2) is 5.40. The highest BCUT2D eigenvalue weighted by atomic mass is 32.2. The Morgan fingerprint density at radius 3 is 2.74 bits per heavy atom. The normalized spacial score (nSPS) is 11.0. The zero-order chi connectivity index (χ0) is 13.1. The maximum atomic E-state index is 4.39. The van der Waals surface area contributed by atoms with E-state index in [0.29, 0.717) is 0 Å². The first-order valence-corrected chi connectivity index (χ1v) is 7.19. The van der Waals surface area contributed by atoms with Crippen LogP contribution in [0.25, 0.3) is 11.2 Å². The van der Waals surface area contributed by atoms with Gasteiger partial charge in [-0.15, -0.1) is 0 Å². The van der Waals surface area contributed by atoms with E-state index in [-0.39, 0.29) is 0 Å². The van der Waals surface area contributed by atoms with Gasteiger partial charge in [0.2, 0.25) is 0 Å². The van der Waals surface area contributed by atoms with Crippen molar-refractivity contribution < 1.29 is 0 Å². The third kappa shape index (κ3) is 2.46. The van der Waals surface area contributed by atoms with Gasteiger partial charge in [0.05, 0.1) is 6.33 Å². The van der Waals surface area contributed by atoms with E-state index in [1.165, 1.54) is 5.56 Å². The summed E-state index contributed by atoms with van der Waals surface area (Å²) >= 11 is 1.73. The average Bonchev–Trinajstić information content (AvgIpc) is 2.90. The Kier molecular flexibility index (Phi) is 3.46. The minimum absolute atomic E-state index is 0.771. The van der Waals surface area contributed by atoms with Crippen molar-refractivity contribution >= 4 is 22.9 Å². The maximum Gasteiger partial charge on any atom is 0.181 e. The molecule has 3 rings (SSSR count). The fraction of sp³-hybridized carbons (Fsp3) is 0.214. The largest absolute Gasteiger partial charge is 0.327 e. The molecule has 0 aliphatic rings. The summed E-state index contributed by atoms with van der Waals surface area (Å²) in [6, 6.07) is 10.4. The molecule has 0 fully saturated rings. The average molecular weight is 270 g/mol. The summed E-state index contributed by atoms with van der Waals surface area (Å²) in [4.78, 5) is 12.9. The highest BCUT2D eigenvalue weighted by Crippen LogP contribution is 2.26. The van der Waals surface area contributed by atoms with Crippen molar-refractivity contribution in [2.45, 2.75) is 24.2 Å². The first kappa shape index (κ1) is 12.2. The molecule has 2 heterocycles. The van der Waals surface area contributed by atoms with Crippen LogP contribution in [-0.4, -0.2) is 19.5 Å². The van der Waals surface area contributed by atoms with Crippen molar-refractivity contribution in [3.63, 3.8) is 0 Å². The maximum absolute atomic E-state index is 4.39. The predicted molar refractivity (Wildman–Crippen MR) is 77.0 cm³/mol. The number of benzene rings is 1. The first-order chi connectivity index (χ1) is 9.38. The molecule has 0 spiro atoms. The standard InChI is InChI=1S/C14H14N4S/c1-2-18-10-17-13-12(18)14(16-9-15-13)19-8-11-6-4-3-5-7-11/h3-7,9-10H,2,8H2,1H3. The van der Waals surface area contributed by atoms with Gasteiger partial charge < -0.3 is 4.57 Å². The number of aromatic nitrogens is 4. The van der Waals surface area contributed by atoms with Crippen LogP contribution >= 0.6 is 11.8 Å². The number of thioether (sulfide) groups is 1. The molecule has 0 saturated heterocycles. The summed E-state index contributed by atoms with van der Waals surface area (Å²) in [5, 5.41) is 0.994. The van der Waals surface area contributed by atoms with Crippen LogP contribution < -0.4 is 0 Å². The van der Waals surface area contributed by atoms with E-state index in [2.05, 4.69) is 50.7 Å². The molecule has 3 aromatic rings. The third-order valence-corrected chi connectivity index (χ3v) is 3.98. The van der Waals surface area contributed by atoms with Gasteiger partial charge in [0.1, 0.15) is 16.9 Å². The molecule has 0 radical (unpaired) electrons. The second-order valence-electron chi connectivity index (χ2n) is 4.16. The Labute approximate surface area is 115 Å². The number of hydrogen-bond acceptors (Lipinski definition) is 4. The van der Waals surface area contributed by atoms with Gasteiger partial charge in [-0.25, -0.2) is 15.0 Å². The molecule has 0 aliphatic carbocycles. The van der Waals surface area contributed by atoms with Crippen molar-refractivity contribution in [1.82, 2.24) is 19.5 Å². The molecule has 96 valence electrons. The lowest BCUT2D eigenvalue weighted by Gasteiger charge is -2.05. The van der Waals surface area contributed by atoms with E-state index in [9.17, 15) is 0 Å². The molecule has 5 heteroatoms. The SMILES string of the molecule is CCn1cnc2ncnc(SCc3ccccc3)c21. The van der Waals surface area contributed by atoms with Gasteiger partial charge in [0, 0.05) is 12.3 Å². The van der Waals surface area contributed by atoms with Gasteiger partial charge in [0.25, 0.3) is 0 Å². The first-order valence-electron chi connectivity index (χ1n) is 6.21. The van der Waals surface area contributed by atoms with E-state index in [0.717, 1.165) is 28.5 Å². The van der Waals surface area contributed by atoms with Gasteiger partial charge in [0.15, 0.2) is 5.65 Å². The molecule has 2 aromatic heterocycles. The summed E-state index contributed by atoms with van der Waals surface area (Å²) in [6.07, 6.45) is 3.41. The lowest BCUT2D eigenvalue weighted by atomic mass is 10.2. The summed E-state index contributed by atoms with van der Waals surface area (Å²) in [5.41, 5.74) is 3.10. The van der Waals surface area contributed by atoms with Gasteiger partial charge in [-0.05, 0) is 12.5 Å². The molecule has 0 bridgehead atoms. The summed E-state index contributed by atoms with van der Waals surface area (Å²) in [7, 11) is 0. The molecular weight excluding hydrogens is 256 g/mol. The second-order valence-corrected chi connectivity index (χ2v) is 5.12. The van der Waals surface area contributed by atoms with Crippen LogP contribution in [-0.2, 0) is 12.3 Å². The van der Waals surface area contributed by atoms with Crippen LogP contribution in [0, 0.1) is 0 Å². The fourth-order valence-corrected chi connectivity index (χ4v) is 2.92. The number of aryl methyl sites for hydroxylation is 1. The van der Waals surface area contributed by atoms with E-state index in [4.69, 9.17) is 0 Å². The lowest BCUT2D eigenvalue weighted by molar-refractivity contribution is 0.777. The third-order valence-electron chi connectivity index (χ3n) is 2.94. The molecule has 19 heavy (non-hydrogen) atoms. The predicted octanol–water partition coefficient (Wildman–Crippen LogP) is 3.14. The number of nitrogens with zero attached hydrogens (tertiary/aromatic N) is 4. The quantitative estimate of drug-likeness (QED) is 0.539. The Balaban J connectivity index is 1.90. The van der Waals surface area contributed by atoms with Gasteiger partial charge in [-0.2, -0.15) is 0 Å². The van der Waals surface area contributed by atoms with Crippen molar-refractivity contribution in [1.29, 1.82) is 0 Å². The molecular formula is C14H14N4S. The van der Waals surface area contributed by atoms with Crippen LogP contribution in [0.5, 0.6) is 0 Å². The molecule has 0 atom stereocenters. The van der Waals surface area contributed by atoms with Crippen molar-refractivity contribution in [3.05, 3.63) is 48.5 Å². The minimum atomic E-state index is 0.771. The molecule has 0 saturated carbocycles.